The van der Waals surface area contributed by atoms with Crippen LogP contribution in [0.25, 0.3) is 0 Å². The molecule has 1 aromatic rings. The Kier molecular flexibility index (Phi) is 3.75. The number of alkyl halides is 3. The quantitative estimate of drug-likeness (QED) is 0.627. The molecule has 0 heterocycles. The van der Waals surface area contributed by atoms with E-state index in [0.29, 0.717) is 18.2 Å². The highest BCUT2D eigenvalue weighted by Crippen LogP contribution is 2.30. The second-order valence-corrected chi connectivity index (χ2v) is 4.78. The summed E-state index contributed by atoms with van der Waals surface area (Å²) in [6, 6.07) is 1.58. The molecule has 0 atom stereocenters. The summed E-state index contributed by atoms with van der Waals surface area (Å²) >= 11 is 0. The number of aryl methyl sites for hydroxylation is 1. The molecule has 0 aliphatic heterocycles. The second kappa shape index (κ2) is 4.59. The van der Waals surface area contributed by atoms with Gasteiger partial charge in [0, 0.05) is 0 Å². The maximum Gasteiger partial charge on any atom is 0.416 e. The van der Waals surface area contributed by atoms with E-state index in [4.69, 9.17) is 0 Å². The first kappa shape index (κ1) is 13.9. The zero-order chi connectivity index (χ0) is 13.3. The Labute approximate surface area is 94.3 Å². The third kappa shape index (κ3) is 4.29. The van der Waals surface area contributed by atoms with Crippen LogP contribution in [0.15, 0.2) is 18.2 Å². The highest BCUT2D eigenvalue weighted by atomic mass is 32.3. The fourth-order valence-corrected chi connectivity index (χ4v) is 1.64. The molecule has 0 N–H and O–H groups in total. The SMILES string of the molecule is O=S(=O)(F)CCc1cc(C(F)(F)F)ccc1F. The highest BCUT2D eigenvalue weighted by Gasteiger charge is 2.31. The molecule has 0 fully saturated rings. The lowest BCUT2D eigenvalue weighted by atomic mass is 10.1. The fourth-order valence-electron chi connectivity index (χ4n) is 1.17. The summed E-state index contributed by atoms with van der Waals surface area (Å²) < 4.78 is 82.4. The highest BCUT2D eigenvalue weighted by molar-refractivity contribution is 7.86. The average molecular weight is 274 g/mol. The fraction of sp³-hybridized carbons (Fsp3) is 0.333. The summed E-state index contributed by atoms with van der Waals surface area (Å²) in [6.07, 6.45) is -5.30. The molecular weight excluding hydrogens is 267 g/mol. The maximum atomic E-state index is 13.0. The van der Waals surface area contributed by atoms with Crippen LogP contribution in [-0.2, 0) is 22.8 Å². The van der Waals surface area contributed by atoms with Crippen molar-refractivity contribution in [3.8, 4) is 0 Å². The molecule has 1 rings (SSSR count). The first-order chi connectivity index (χ1) is 7.59. The summed E-state index contributed by atoms with van der Waals surface area (Å²) in [5.74, 6) is -2.05. The zero-order valence-corrected chi connectivity index (χ0v) is 9.08. The Balaban J connectivity index is 3.00. The topological polar surface area (TPSA) is 34.1 Å². The Morgan fingerprint density at radius 2 is 1.76 bits per heavy atom. The van der Waals surface area contributed by atoms with Crippen molar-refractivity contribution < 1.29 is 29.9 Å². The van der Waals surface area contributed by atoms with Gasteiger partial charge in [0.05, 0.1) is 11.3 Å². The van der Waals surface area contributed by atoms with Crippen molar-refractivity contribution in [3.05, 3.63) is 35.1 Å². The van der Waals surface area contributed by atoms with Gasteiger partial charge in [-0.1, -0.05) is 0 Å². The van der Waals surface area contributed by atoms with Crippen LogP contribution in [-0.4, -0.2) is 14.2 Å². The minimum atomic E-state index is -4.84. The minimum Gasteiger partial charge on any atom is -0.207 e. The van der Waals surface area contributed by atoms with Crippen molar-refractivity contribution in [2.75, 3.05) is 5.75 Å². The number of halogens is 5. The van der Waals surface area contributed by atoms with Gasteiger partial charge in [-0.3, -0.25) is 0 Å². The molecule has 1 aromatic carbocycles. The van der Waals surface area contributed by atoms with Crippen molar-refractivity contribution in [2.24, 2.45) is 0 Å². The lowest BCUT2D eigenvalue weighted by Gasteiger charge is -2.09. The van der Waals surface area contributed by atoms with E-state index >= 15 is 0 Å². The van der Waals surface area contributed by atoms with E-state index in [0.717, 1.165) is 0 Å². The molecule has 0 saturated heterocycles. The van der Waals surface area contributed by atoms with Gasteiger partial charge < -0.3 is 0 Å². The summed E-state index contributed by atoms with van der Waals surface area (Å²) in [5, 5.41) is 0. The van der Waals surface area contributed by atoms with Crippen molar-refractivity contribution >= 4 is 10.2 Å². The van der Waals surface area contributed by atoms with E-state index in [2.05, 4.69) is 0 Å². The smallest absolute Gasteiger partial charge is 0.207 e. The van der Waals surface area contributed by atoms with E-state index in [9.17, 15) is 29.9 Å². The van der Waals surface area contributed by atoms with E-state index in [1.165, 1.54) is 0 Å². The van der Waals surface area contributed by atoms with Crippen LogP contribution in [0.1, 0.15) is 11.1 Å². The van der Waals surface area contributed by atoms with Crippen LogP contribution >= 0.6 is 0 Å². The largest absolute Gasteiger partial charge is 0.416 e. The van der Waals surface area contributed by atoms with E-state index < -0.39 is 45.5 Å². The number of benzene rings is 1. The van der Waals surface area contributed by atoms with Gasteiger partial charge in [0.25, 0.3) is 0 Å². The molecule has 0 bridgehead atoms. The van der Waals surface area contributed by atoms with Crippen molar-refractivity contribution in [1.29, 1.82) is 0 Å². The van der Waals surface area contributed by atoms with E-state index in [1.54, 1.807) is 0 Å². The van der Waals surface area contributed by atoms with Crippen molar-refractivity contribution in [2.45, 2.75) is 12.6 Å². The van der Waals surface area contributed by atoms with Crippen LogP contribution in [0.5, 0.6) is 0 Å². The average Bonchev–Trinajstić information content (AvgIpc) is 2.13. The normalized spacial score (nSPS) is 12.8. The van der Waals surface area contributed by atoms with Crippen LogP contribution in [0, 0.1) is 5.82 Å². The summed E-state index contributed by atoms with van der Waals surface area (Å²) in [5.41, 5.74) is -1.59. The molecule has 0 aliphatic carbocycles. The zero-order valence-electron chi connectivity index (χ0n) is 8.26. The monoisotopic (exact) mass is 274 g/mol. The van der Waals surface area contributed by atoms with Gasteiger partial charge in [-0.2, -0.15) is 21.6 Å². The molecule has 0 unspecified atom stereocenters. The predicted octanol–water partition coefficient (Wildman–Crippen LogP) is 2.69. The van der Waals surface area contributed by atoms with Gasteiger partial charge in [-0.15, -0.1) is 3.89 Å². The van der Waals surface area contributed by atoms with Gasteiger partial charge in [-0.25, -0.2) is 4.39 Å². The molecule has 96 valence electrons. The molecule has 0 amide bonds. The molecule has 0 aliphatic rings. The van der Waals surface area contributed by atoms with Gasteiger partial charge >= 0.3 is 16.4 Å². The first-order valence-corrected chi connectivity index (χ1v) is 5.93. The van der Waals surface area contributed by atoms with Gasteiger partial charge in [0.2, 0.25) is 0 Å². The Bertz CT molecular complexity index is 507. The van der Waals surface area contributed by atoms with Gasteiger partial charge in [-0.05, 0) is 30.2 Å². The summed E-state index contributed by atoms with van der Waals surface area (Å²) in [7, 11) is -4.84. The predicted molar refractivity (Wildman–Crippen MR) is 50.0 cm³/mol. The Hall–Kier alpha value is -1.18. The van der Waals surface area contributed by atoms with Crippen molar-refractivity contribution in [3.63, 3.8) is 0 Å². The summed E-state index contributed by atoms with van der Waals surface area (Å²) in [6.45, 7) is 0. The maximum absolute atomic E-state index is 13.0. The molecule has 0 spiro atoms. The number of hydrogen-bond acceptors (Lipinski definition) is 2. The Morgan fingerprint density at radius 3 is 2.24 bits per heavy atom. The molecule has 0 aromatic heterocycles. The molecular formula is C9H7F5O2S. The lowest BCUT2D eigenvalue weighted by Crippen LogP contribution is -2.08. The number of rotatable bonds is 3. The van der Waals surface area contributed by atoms with Crippen LogP contribution in [0.4, 0.5) is 21.4 Å². The third-order valence-electron chi connectivity index (χ3n) is 1.99. The third-order valence-corrected chi connectivity index (χ3v) is 2.68. The second-order valence-electron chi connectivity index (χ2n) is 3.30. The molecule has 0 radical (unpaired) electrons. The Morgan fingerprint density at radius 1 is 1.18 bits per heavy atom. The molecule has 2 nitrogen and oxygen atoms in total. The van der Waals surface area contributed by atoms with Crippen LogP contribution < -0.4 is 0 Å². The minimum absolute atomic E-state index is 0.473. The standard InChI is InChI=1S/C9H7F5O2S/c10-8-2-1-7(9(11,12)13)5-6(8)3-4-17(14,15)16/h1-2,5H,3-4H2. The molecule has 17 heavy (non-hydrogen) atoms. The van der Waals surface area contributed by atoms with Crippen LogP contribution in [0.2, 0.25) is 0 Å². The van der Waals surface area contributed by atoms with E-state index in [-0.39, 0.29) is 0 Å². The van der Waals surface area contributed by atoms with Crippen LogP contribution in [0.3, 0.4) is 0 Å². The van der Waals surface area contributed by atoms with Gasteiger partial charge in [0.15, 0.2) is 0 Å². The number of hydrogen-bond donors (Lipinski definition) is 0. The lowest BCUT2D eigenvalue weighted by molar-refractivity contribution is -0.137. The molecule has 0 saturated carbocycles. The molecule has 8 heteroatoms. The first-order valence-electron chi connectivity index (χ1n) is 4.37. The van der Waals surface area contributed by atoms with E-state index in [1.807, 2.05) is 0 Å². The van der Waals surface area contributed by atoms with Gasteiger partial charge in [0.1, 0.15) is 5.82 Å². The summed E-state index contributed by atoms with van der Waals surface area (Å²) in [4.78, 5) is 0. The van der Waals surface area contributed by atoms with Crippen molar-refractivity contribution in [1.82, 2.24) is 0 Å².